The molecule has 0 saturated carbocycles. The van der Waals surface area contributed by atoms with E-state index in [-0.39, 0.29) is 6.61 Å². The highest BCUT2D eigenvalue weighted by Gasteiger charge is 2.30. The molecule has 2 rings (SSSR count). The van der Waals surface area contributed by atoms with E-state index in [1.54, 1.807) is 12.1 Å². The number of alkyl halides is 3. The zero-order valence-electron chi connectivity index (χ0n) is 9.72. The van der Waals surface area contributed by atoms with Crippen LogP contribution in [0.15, 0.2) is 41.8 Å². The normalized spacial score (nSPS) is 13.3. The van der Waals surface area contributed by atoms with E-state index < -0.39 is 17.8 Å². The second-order valence-electron chi connectivity index (χ2n) is 3.86. The maximum Gasteiger partial charge on any atom is 0.416 e. The van der Waals surface area contributed by atoms with Gasteiger partial charge in [-0.2, -0.15) is 13.2 Å². The monoisotopic (exact) mass is 288 g/mol. The average Bonchev–Trinajstić information content (AvgIpc) is 2.89. The lowest BCUT2D eigenvalue weighted by molar-refractivity contribution is -0.137. The number of halogens is 3. The molecule has 19 heavy (non-hydrogen) atoms. The molecule has 0 spiro atoms. The molecule has 1 atom stereocenters. The van der Waals surface area contributed by atoms with Crippen LogP contribution in [0.4, 0.5) is 13.2 Å². The van der Waals surface area contributed by atoms with Gasteiger partial charge in [0.25, 0.3) is 0 Å². The summed E-state index contributed by atoms with van der Waals surface area (Å²) in [6.07, 6.45) is -5.13. The molecule has 2 nitrogen and oxygen atoms in total. The fourth-order valence-electron chi connectivity index (χ4n) is 1.48. The lowest BCUT2D eigenvalue weighted by Crippen LogP contribution is -2.09. The number of rotatable bonds is 4. The smallest absolute Gasteiger partial charge is 0.416 e. The van der Waals surface area contributed by atoms with Gasteiger partial charge in [0.05, 0.1) is 5.56 Å². The lowest BCUT2D eigenvalue weighted by Gasteiger charge is -2.12. The van der Waals surface area contributed by atoms with E-state index in [1.165, 1.54) is 23.5 Å². The predicted octanol–water partition coefficient (Wildman–Crippen LogP) is 3.88. The number of hydrogen-bond donors (Lipinski definition) is 1. The van der Waals surface area contributed by atoms with Gasteiger partial charge >= 0.3 is 6.18 Å². The lowest BCUT2D eigenvalue weighted by atomic mass is 10.2. The number of aliphatic hydroxyl groups is 1. The first-order valence-corrected chi connectivity index (χ1v) is 6.36. The van der Waals surface area contributed by atoms with Crippen LogP contribution >= 0.6 is 11.3 Å². The number of benzene rings is 1. The molecule has 0 aliphatic carbocycles. The molecule has 1 N–H and O–H groups in total. The number of aliphatic hydroxyl groups excluding tert-OH is 1. The Morgan fingerprint density at radius 1 is 1.16 bits per heavy atom. The Morgan fingerprint density at radius 3 is 2.37 bits per heavy atom. The average molecular weight is 288 g/mol. The highest BCUT2D eigenvalue weighted by atomic mass is 32.1. The zero-order chi connectivity index (χ0) is 13.9. The van der Waals surface area contributed by atoms with Gasteiger partial charge < -0.3 is 9.84 Å². The third-order valence-electron chi connectivity index (χ3n) is 2.46. The van der Waals surface area contributed by atoms with Gasteiger partial charge in [-0.1, -0.05) is 6.07 Å². The Kier molecular flexibility index (Phi) is 4.11. The van der Waals surface area contributed by atoms with E-state index in [1.807, 2.05) is 5.38 Å². The van der Waals surface area contributed by atoms with E-state index in [2.05, 4.69) is 0 Å². The van der Waals surface area contributed by atoms with Crippen molar-refractivity contribution in [2.24, 2.45) is 0 Å². The summed E-state index contributed by atoms with van der Waals surface area (Å²) >= 11 is 1.39. The minimum absolute atomic E-state index is 0.00583. The van der Waals surface area contributed by atoms with Crippen LogP contribution in [0.3, 0.4) is 0 Å². The molecule has 1 aromatic carbocycles. The molecule has 6 heteroatoms. The molecular formula is C13H11F3O2S. The van der Waals surface area contributed by atoms with Gasteiger partial charge in [-0.25, -0.2) is 0 Å². The molecule has 0 fully saturated rings. The molecule has 1 aromatic heterocycles. The highest BCUT2D eigenvalue weighted by Crippen LogP contribution is 2.30. The molecule has 1 unspecified atom stereocenters. The second-order valence-corrected chi connectivity index (χ2v) is 4.84. The van der Waals surface area contributed by atoms with E-state index >= 15 is 0 Å². The summed E-state index contributed by atoms with van der Waals surface area (Å²) in [6, 6.07) is 7.96. The van der Waals surface area contributed by atoms with Crippen LogP contribution in [0.25, 0.3) is 0 Å². The Morgan fingerprint density at radius 2 is 1.84 bits per heavy atom. The minimum Gasteiger partial charge on any atom is -0.490 e. The Balaban J connectivity index is 1.93. The number of ether oxygens (including phenoxy) is 1. The molecule has 2 aromatic rings. The summed E-state index contributed by atoms with van der Waals surface area (Å²) in [6.45, 7) is 0.00583. The van der Waals surface area contributed by atoms with E-state index in [9.17, 15) is 18.3 Å². The fourth-order valence-corrected chi connectivity index (χ4v) is 2.17. The maximum absolute atomic E-state index is 12.3. The van der Waals surface area contributed by atoms with Crippen LogP contribution in [0.1, 0.15) is 16.5 Å². The van der Waals surface area contributed by atoms with Crippen molar-refractivity contribution in [2.75, 3.05) is 6.61 Å². The first-order chi connectivity index (χ1) is 8.97. The van der Waals surface area contributed by atoms with Crippen molar-refractivity contribution in [1.82, 2.24) is 0 Å². The van der Waals surface area contributed by atoms with Crippen LogP contribution in [0.5, 0.6) is 5.75 Å². The van der Waals surface area contributed by atoms with Gasteiger partial charge in [-0.3, -0.25) is 0 Å². The Labute approximate surface area is 112 Å². The first kappa shape index (κ1) is 13.9. The molecule has 1 heterocycles. The van der Waals surface area contributed by atoms with Crippen LogP contribution in [0, 0.1) is 0 Å². The van der Waals surface area contributed by atoms with Crippen molar-refractivity contribution < 1.29 is 23.0 Å². The van der Waals surface area contributed by atoms with Crippen LogP contribution < -0.4 is 4.74 Å². The summed E-state index contributed by atoms with van der Waals surface area (Å²) in [7, 11) is 0. The van der Waals surface area contributed by atoms with E-state index in [0.29, 0.717) is 5.75 Å². The van der Waals surface area contributed by atoms with Crippen molar-refractivity contribution in [3.05, 3.63) is 52.2 Å². The summed E-state index contributed by atoms with van der Waals surface area (Å²) in [5.41, 5.74) is -0.723. The Bertz CT molecular complexity index is 506. The summed E-state index contributed by atoms with van der Waals surface area (Å²) in [5, 5.41) is 11.6. The van der Waals surface area contributed by atoms with Gasteiger partial charge in [0, 0.05) is 4.88 Å². The van der Waals surface area contributed by atoms with Crippen LogP contribution in [0.2, 0.25) is 0 Å². The molecule has 0 aliphatic rings. The van der Waals surface area contributed by atoms with Gasteiger partial charge in [0.2, 0.25) is 0 Å². The van der Waals surface area contributed by atoms with Crippen molar-refractivity contribution >= 4 is 11.3 Å². The third kappa shape index (κ3) is 3.71. The van der Waals surface area contributed by atoms with Crippen molar-refractivity contribution in [3.8, 4) is 5.75 Å². The molecule has 0 saturated heterocycles. The molecule has 0 amide bonds. The Hall–Kier alpha value is -1.53. The fraction of sp³-hybridized carbons (Fsp3) is 0.231. The quantitative estimate of drug-likeness (QED) is 0.925. The third-order valence-corrected chi connectivity index (χ3v) is 3.43. The largest absolute Gasteiger partial charge is 0.490 e. The molecule has 0 aliphatic heterocycles. The van der Waals surface area contributed by atoms with Crippen LogP contribution in [-0.2, 0) is 6.18 Å². The summed E-state index contributed by atoms with van der Waals surface area (Å²) < 4.78 is 42.3. The van der Waals surface area contributed by atoms with Gasteiger partial charge in [-0.15, -0.1) is 11.3 Å². The number of hydrogen-bond acceptors (Lipinski definition) is 3. The molecule has 0 radical (unpaired) electrons. The minimum atomic E-state index is -4.35. The number of thiophene rings is 1. The second kappa shape index (κ2) is 5.63. The highest BCUT2D eigenvalue weighted by molar-refractivity contribution is 7.10. The van der Waals surface area contributed by atoms with Crippen LogP contribution in [-0.4, -0.2) is 11.7 Å². The van der Waals surface area contributed by atoms with Gasteiger partial charge in [-0.05, 0) is 35.7 Å². The van der Waals surface area contributed by atoms with E-state index in [4.69, 9.17) is 4.74 Å². The molecule has 0 bridgehead atoms. The molecular weight excluding hydrogens is 277 g/mol. The zero-order valence-corrected chi connectivity index (χ0v) is 10.5. The molecule has 102 valence electrons. The van der Waals surface area contributed by atoms with Gasteiger partial charge in [0.15, 0.2) is 0 Å². The SMILES string of the molecule is OC(COc1ccc(C(F)(F)F)cc1)c1cccs1. The topological polar surface area (TPSA) is 29.5 Å². The van der Waals surface area contributed by atoms with E-state index in [0.717, 1.165) is 17.0 Å². The van der Waals surface area contributed by atoms with Crippen molar-refractivity contribution in [2.45, 2.75) is 12.3 Å². The standard InChI is InChI=1S/C13H11F3O2S/c14-13(15,16)9-3-5-10(6-4-9)18-8-11(17)12-2-1-7-19-12/h1-7,11,17H,8H2. The summed E-state index contributed by atoms with van der Waals surface area (Å²) in [5.74, 6) is 0.295. The van der Waals surface area contributed by atoms with Gasteiger partial charge in [0.1, 0.15) is 18.5 Å². The van der Waals surface area contributed by atoms with Crippen molar-refractivity contribution in [1.29, 1.82) is 0 Å². The summed E-state index contributed by atoms with van der Waals surface area (Å²) in [4.78, 5) is 0.756. The van der Waals surface area contributed by atoms with Crippen molar-refractivity contribution in [3.63, 3.8) is 0 Å². The first-order valence-electron chi connectivity index (χ1n) is 5.48. The predicted molar refractivity (Wildman–Crippen MR) is 66.2 cm³/mol. The maximum atomic E-state index is 12.3.